The third kappa shape index (κ3) is 2.68. The van der Waals surface area contributed by atoms with Gasteiger partial charge in [-0.1, -0.05) is 84.9 Å². The molecule has 5 rings (SSSR count). The van der Waals surface area contributed by atoms with E-state index >= 15 is 4.39 Å². The first-order valence-corrected chi connectivity index (χ1v) is 10.1. The van der Waals surface area contributed by atoms with Crippen LogP contribution in [0.3, 0.4) is 0 Å². The smallest absolute Gasteiger partial charge is 0.149 e. The fraction of sp³-hybridized carbons (Fsp3) is 0.0714. The van der Waals surface area contributed by atoms with Crippen molar-refractivity contribution < 1.29 is 4.39 Å². The Morgan fingerprint density at radius 2 is 1.26 bits per heavy atom. The molecule has 1 aliphatic rings. The van der Waals surface area contributed by atoms with Gasteiger partial charge in [0.25, 0.3) is 0 Å². The van der Waals surface area contributed by atoms with Crippen LogP contribution in [-0.2, 0) is 11.8 Å². The number of hydrogen-bond acceptors (Lipinski definition) is 2. The normalized spacial score (nSPS) is 13.4. The largest absolute Gasteiger partial charge is 0.205 e. The number of rotatable bonds is 2. The van der Waals surface area contributed by atoms with Crippen LogP contribution in [0.5, 0.6) is 0 Å². The van der Waals surface area contributed by atoms with Crippen LogP contribution in [0.4, 0.5) is 4.39 Å². The van der Waals surface area contributed by atoms with E-state index in [0.29, 0.717) is 23.1 Å². The van der Waals surface area contributed by atoms with Crippen LogP contribution in [0.15, 0.2) is 91.0 Å². The predicted molar refractivity (Wildman–Crippen MR) is 118 cm³/mol. The highest BCUT2D eigenvalue weighted by Crippen LogP contribution is 2.52. The molecule has 0 aromatic heterocycles. The molecule has 0 N–H and O–H groups in total. The van der Waals surface area contributed by atoms with E-state index in [1.165, 1.54) is 6.07 Å². The van der Waals surface area contributed by atoms with E-state index in [2.05, 4.69) is 30.3 Å². The lowest BCUT2D eigenvalue weighted by Crippen LogP contribution is -2.36. The van der Waals surface area contributed by atoms with Crippen LogP contribution in [-0.4, -0.2) is 0 Å². The van der Waals surface area contributed by atoms with Gasteiger partial charge in [0.2, 0.25) is 0 Å². The molecule has 2 nitrogen and oxygen atoms in total. The van der Waals surface area contributed by atoms with Crippen molar-refractivity contribution in [3.8, 4) is 23.3 Å². The van der Waals surface area contributed by atoms with Crippen LogP contribution in [0.25, 0.3) is 11.1 Å². The lowest BCUT2D eigenvalue weighted by Gasteiger charge is -2.42. The first kappa shape index (κ1) is 18.8. The van der Waals surface area contributed by atoms with Gasteiger partial charge in [-0.3, -0.25) is 0 Å². The maximum Gasteiger partial charge on any atom is 0.149 e. The molecule has 0 radical (unpaired) electrons. The van der Waals surface area contributed by atoms with Gasteiger partial charge >= 0.3 is 0 Å². The van der Waals surface area contributed by atoms with Crippen LogP contribution in [0.2, 0.25) is 0 Å². The van der Waals surface area contributed by atoms with E-state index in [1.54, 1.807) is 0 Å². The Labute approximate surface area is 180 Å². The fourth-order valence-electron chi connectivity index (χ4n) is 4.90. The highest BCUT2D eigenvalue weighted by Gasteiger charge is 2.43. The van der Waals surface area contributed by atoms with Crippen molar-refractivity contribution in [1.82, 2.24) is 0 Å². The van der Waals surface area contributed by atoms with E-state index in [9.17, 15) is 10.5 Å². The van der Waals surface area contributed by atoms with Crippen molar-refractivity contribution in [2.45, 2.75) is 11.8 Å². The summed E-state index contributed by atoms with van der Waals surface area (Å²) in [7, 11) is 0. The summed E-state index contributed by atoms with van der Waals surface area (Å²) in [5.41, 5.74) is 4.52. The minimum Gasteiger partial charge on any atom is -0.205 e. The van der Waals surface area contributed by atoms with Crippen molar-refractivity contribution in [3.05, 3.63) is 130 Å². The first-order valence-electron chi connectivity index (χ1n) is 10.1. The molecule has 0 spiro atoms. The maximum atomic E-state index is 15.5. The van der Waals surface area contributed by atoms with Crippen LogP contribution >= 0.6 is 0 Å². The van der Waals surface area contributed by atoms with Crippen LogP contribution in [0.1, 0.15) is 33.4 Å². The molecule has 0 atom stereocenters. The minimum absolute atomic E-state index is 0.1000. The van der Waals surface area contributed by atoms with E-state index < -0.39 is 11.2 Å². The maximum absolute atomic E-state index is 15.5. The Morgan fingerprint density at radius 3 is 1.84 bits per heavy atom. The highest BCUT2D eigenvalue weighted by atomic mass is 19.1. The molecule has 0 saturated carbocycles. The van der Waals surface area contributed by atoms with Gasteiger partial charge in [0.15, 0.2) is 0 Å². The Balaban J connectivity index is 1.95. The molecular formula is C28H17FN2. The van der Waals surface area contributed by atoms with Gasteiger partial charge in [0.1, 0.15) is 11.9 Å². The molecule has 0 saturated heterocycles. The van der Waals surface area contributed by atoms with Gasteiger partial charge < -0.3 is 0 Å². The molecule has 4 aromatic carbocycles. The van der Waals surface area contributed by atoms with Gasteiger partial charge in [-0.25, -0.2) is 4.39 Å². The van der Waals surface area contributed by atoms with Crippen molar-refractivity contribution in [1.29, 1.82) is 10.5 Å². The molecule has 4 aromatic rings. The number of fused-ring (bicyclic) bond motifs is 3. The fourth-order valence-corrected chi connectivity index (χ4v) is 4.90. The second kappa shape index (κ2) is 7.24. The van der Waals surface area contributed by atoms with E-state index in [1.807, 2.05) is 66.7 Å². The Kier molecular flexibility index (Phi) is 4.39. The molecule has 0 unspecified atom stereocenters. The molecule has 1 aliphatic carbocycles. The minimum atomic E-state index is -0.585. The number of nitrogens with zero attached hydrogens (tertiary/aromatic N) is 2. The quantitative estimate of drug-likeness (QED) is 0.407. The molecule has 146 valence electrons. The van der Waals surface area contributed by atoms with E-state index in [-0.39, 0.29) is 5.56 Å². The van der Waals surface area contributed by atoms with Gasteiger partial charge in [-0.2, -0.15) is 10.5 Å². The van der Waals surface area contributed by atoms with Gasteiger partial charge in [0.05, 0.1) is 17.2 Å². The third-order valence-corrected chi connectivity index (χ3v) is 6.24. The second-order valence-corrected chi connectivity index (χ2v) is 7.72. The predicted octanol–water partition coefficient (Wildman–Crippen LogP) is 6.13. The van der Waals surface area contributed by atoms with Gasteiger partial charge in [-0.05, 0) is 40.3 Å². The summed E-state index contributed by atoms with van der Waals surface area (Å²) >= 11 is 0. The van der Waals surface area contributed by atoms with Crippen molar-refractivity contribution >= 4 is 0 Å². The monoisotopic (exact) mass is 400 g/mol. The zero-order chi connectivity index (χ0) is 21.4. The molecular weight excluding hydrogens is 383 g/mol. The molecule has 0 bridgehead atoms. The van der Waals surface area contributed by atoms with Gasteiger partial charge in [0, 0.05) is 11.0 Å². The lowest BCUT2D eigenvalue weighted by atomic mass is 9.60. The van der Waals surface area contributed by atoms with Crippen molar-refractivity contribution in [2.24, 2.45) is 0 Å². The summed E-state index contributed by atoms with van der Waals surface area (Å²) in [5, 5.41) is 19.3. The molecule has 0 amide bonds. The molecule has 3 heteroatoms. The Bertz CT molecular complexity index is 1340. The number of halogens is 1. The standard InChI is InChI=1S/C28H17FN2/c29-27-20(18-31)15-19(17-30)24-16-28(21-9-3-1-4-10-21,22-11-5-2-6-12-22)25-14-8-7-13-23(25)26(24)27/h1-15H,16H2. The topological polar surface area (TPSA) is 47.6 Å². The molecule has 31 heavy (non-hydrogen) atoms. The van der Waals surface area contributed by atoms with Crippen molar-refractivity contribution in [3.63, 3.8) is 0 Å². The summed E-state index contributed by atoms with van der Waals surface area (Å²) < 4.78 is 15.5. The Morgan fingerprint density at radius 1 is 0.710 bits per heavy atom. The van der Waals surface area contributed by atoms with Gasteiger partial charge in [-0.15, -0.1) is 0 Å². The molecule has 0 heterocycles. The zero-order valence-electron chi connectivity index (χ0n) is 16.6. The summed E-state index contributed by atoms with van der Waals surface area (Å²) in [6.07, 6.45) is 0.429. The number of hydrogen-bond donors (Lipinski definition) is 0. The summed E-state index contributed by atoms with van der Waals surface area (Å²) in [6.45, 7) is 0. The average Bonchev–Trinajstić information content (AvgIpc) is 2.84. The lowest BCUT2D eigenvalue weighted by molar-refractivity contribution is 0.585. The first-order chi connectivity index (χ1) is 15.2. The van der Waals surface area contributed by atoms with E-state index in [4.69, 9.17) is 0 Å². The molecule has 0 aliphatic heterocycles. The highest BCUT2D eigenvalue weighted by molar-refractivity contribution is 5.82. The summed E-state index contributed by atoms with van der Waals surface area (Å²) in [5.74, 6) is -0.557. The summed E-state index contributed by atoms with van der Waals surface area (Å²) in [4.78, 5) is 0. The van der Waals surface area contributed by atoms with E-state index in [0.717, 1.165) is 22.3 Å². The average molecular weight is 400 g/mol. The van der Waals surface area contributed by atoms with Crippen LogP contribution < -0.4 is 0 Å². The third-order valence-electron chi connectivity index (χ3n) is 6.24. The molecule has 0 fully saturated rings. The SMILES string of the molecule is N#Cc1cc(C#N)c2c(c1F)-c1ccccc1C(c1ccccc1)(c1ccccc1)C2. The second-order valence-electron chi connectivity index (χ2n) is 7.72. The number of nitriles is 2. The van der Waals surface area contributed by atoms with Crippen molar-refractivity contribution in [2.75, 3.05) is 0 Å². The number of benzene rings is 4. The van der Waals surface area contributed by atoms with Crippen LogP contribution in [0, 0.1) is 28.5 Å². The Hall–Kier alpha value is -4.21. The zero-order valence-corrected chi connectivity index (χ0v) is 16.6. The summed E-state index contributed by atoms with van der Waals surface area (Å²) in [6, 6.07) is 33.6.